The Hall–Kier alpha value is -2.52. The van der Waals surface area contributed by atoms with Crippen molar-refractivity contribution < 1.29 is 19.4 Å². The number of hydrogen-bond donors (Lipinski definition) is 1. The maximum absolute atomic E-state index is 11.8. The fraction of sp³-hybridized carbons (Fsp3) is 0.333. The van der Waals surface area contributed by atoms with Crippen molar-refractivity contribution in [1.29, 1.82) is 0 Å². The van der Waals surface area contributed by atoms with Crippen molar-refractivity contribution in [2.24, 2.45) is 0 Å². The molecule has 6 heteroatoms. The van der Waals surface area contributed by atoms with Crippen LogP contribution < -0.4 is 4.74 Å². The fourth-order valence-electron chi connectivity index (χ4n) is 2.09. The number of aliphatic hydroxyl groups is 1. The Balaban J connectivity index is 2.25. The van der Waals surface area contributed by atoms with Gasteiger partial charge < -0.3 is 14.7 Å². The van der Waals surface area contributed by atoms with Gasteiger partial charge in [-0.25, -0.2) is 4.79 Å². The summed E-state index contributed by atoms with van der Waals surface area (Å²) >= 11 is 0. The smallest absolute Gasteiger partial charge is 0.327 e. The number of amides is 3. The molecule has 1 aliphatic rings. The van der Waals surface area contributed by atoms with Gasteiger partial charge in [-0.05, 0) is 17.7 Å². The van der Waals surface area contributed by atoms with E-state index in [0.717, 1.165) is 5.56 Å². The second kappa shape index (κ2) is 6.29. The third kappa shape index (κ3) is 3.15. The number of aliphatic hydroxyl groups excluding tert-OH is 1. The van der Waals surface area contributed by atoms with E-state index in [4.69, 9.17) is 9.84 Å². The first-order valence-electron chi connectivity index (χ1n) is 6.39. The van der Waals surface area contributed by atoms with Gasteiger partial charge in [-0.15, -0.1) is 0 Å². The van der Waals surface area contributed by atoms with Crippen LogP contribution in [0.1, 0.15) is 11.1 Å². The molecule has 0 bridgehead atoms. The lowest BCUT2D eigenvalue weighted by atomic mass is 10.1. The number of likely N-dealkylation sites (N-methyl/N-ethyl adjacent to an activating group) is 1. The number of methoxy groups -OCH3 is 1. The molecule has 0 spiro atoms. The van der Waals surface area contributed by atoms with Gasteiger partial charge in [0.2, 0.25) is 0 Å². The Bertz CT molecular complexity index is 630. The molecular weight excluding hydrogens is 272 g/mol. The lowest BCUT2D eigenvalue weighted by Gasteiger charge is -2.15. The largest absolute Gasteiger partial charge is 0.495 e. The molecule has 0 aromatic heterocycles. The van der Waals surface area contributed by atoms with Crippen LogP contribution in [0.3, 0.4) is 0 Å². The third-order valence-corrected chi connectivity index (χ3v) is 3.14. The van der Waals surface area contributed by atoms with Crippen LogP contribution in [0.25, 0.3) is 0 Å². The lowest BCUT2D eigenvalue weighted by Crippen LogP contribution is -2.31. The highest BCUT2D eigenvalue weighted by Gasteiger charge is 2.33. The lowest BCUT2D eigenvalue weighted by molar-refractivity contribution is -0.125. The first-order chi connectivity index (χ1) is 10.1. The Kier molecular flexibility index (Phi) is 4.45. The van der Waals surface area contributed by atoms with Crippen molar-refractivity contribution >= 4 is 11.9 Å². The number of benzene rings is 1. The molecule has 3 amide bonds. The zero-order valence-corrected chi connectivity index (χ0v) is 11.9. The third-order valence-electron chi connectivity index (χ3n) is 3.14. The van der Waals surface area contributed by atoms with E-state index in [2.05, 4.69) is 11.8 Å². The van der Waals surface area contributed by atoms with E-state index in [1.54, 1.807) is 25.2 Å². The van der Waals surface area contributed by atoms with Gasteiger partial charge in [-0.2, -0.15) is 0 Å². The molecular formula is C15H16N2O4. The number of nitrogens with zero attached hydrogens (tertiary/aromatic N) is 2. The molecule has 1 N–H and O–H groups in total. The van der Waals surface area contributed by atoms with Crippen LogP contribution in [0.2, 0.25) is 0 Å². The Morgan fingerprint density at radius 1 is 1.38 bits per heavy atom. The topological polar surface area (TPSA) is 70.1 Å². The van der Waals surface area contributed by atoms with Crippen molar-refractivity contribution in [3.05, 3.63) is 29.3 Å². The normalized spacial score (nSPS) is 14.2. The van der Waals surface area contributed by atoms with Crippen LogP contribution in [-0.4, -0.2) is 54.2 Å². The van der Waals surface area contributed by atoms with Crippen molar-refractivity contribution in [3.8, 4) is 17.6 Å². The molecule has 1 heterocycles. The predicted octanol–water partition coefficient (Wildman–Crippen LogP) is 0.433. The summed E-state index contributed by atoms with van der Waals surface area (Å²) < 4.78 is 5.19. The average Bonchev–Trinajstić information content (AvgIpc) is 2.72. The van der Waals surface area contributed by atoms with Crippen molar-refractivity contribution in [2.45, 2.75) is 6.54 Å². The summed E-state index contributed by atoms with van der Waals surface area (Å²) in [4.78, 5) is 26.2. The molecule has 0 aliphatic carbocycles. The van der Waals surface area contributed by atoms with Gasteiger partial charge in [-0.1, -0.05) is 17.9 Å². The molecule has 0 atom stereocenters. The van der Waals surface area contributed by atoms with E-state index in [0.29, 0.717) is 11.3 Å². The molecule has 1 fully saturated rings. The summed E-state index contributed by atoms with van der Waals surface area (Å²) in [7, 11) is 3.12. The van der Waals surface area contributed by atoms with Crippen molar-refractivity contribution in [1.82, 2.24) is 9.80 Å². The Morgan fingerprint density at radius 3 is 2.71 bits per heavy atom. The van der Waals surface area contributed by atoms with Gasteiger partial charge >= 0.3 is 6.03 Å². The van der Waals surface area contributed by atoms with Gasteiger partial charge in [-0.3, -0.25) is 9.69 Å². The molecule has 1 aromatic rings. The molecule has 2 rings (SSSR count). The minimum Gasteiger partial charge on any atom is -0.495 e. The maximum Gasteiger partial charge on any atom is 0.327 e. The highest BCUT2D eigenvalue weighted by molar-refractivity contribution is 6.01. The van der Waals surface area contributed by atoms with Crippen LogP contribution >= 0.6 is 0 Å². The minimum absolute atomic E-state index is 0.103. The summed E-state index contributed by atoms with van der Waals surface area (Å²) in [6.07, 6.45) is 0. The average molecular weight is 288 g/mol. The molecule has 21 heavy (non-hydrogen) atoms. The SMILES string of the molecule is COc1ccc(CN2C(=O)CN(C)C2=O)cc1C#CCO. The number of rotatable bonds is 3. The molecule has 110 valence electrons. The maximum atomic E-state index is 11.8. The zero-order chi connectivity index (χ0) is 15.4. The molecule has 1 aliphatic heterocycles. The molecule has 6 nitrogen and oxygen atoms in total. The molecule has 1 saturated heterocycles. The first kappa shape index (κ1) is 14.9. The molecule has 0 saturated carbocycles. The highest BCUT2D eigenvalue weighted by Crippen LogP contribution is 2.21. The first-order valence-corrected chi connectivity index (χ1v) is 6.39. The van der Waals surface area contributed by atoms with Gasteiger partial charge in [0.25, 0.3) is 5.91 Å². The Morgan fingerprint density at radius 2 is 2.14 bits per heavy atom. The second-order valence-electron chi connectivity index (χ2n) is 4.61. The summed E-state index contributed by atoms with van der Waals surface area (Å²) in [5.74, 6) is 5.70. The summed E-state index contributed by atoms with van der Waals surface area (Å²) in [5, 5.41) is 8.77. The number of imide groups is 1. The van der Waals surface area contributed by atoms with Crippen LogP contribution in [-0.2, 0) is 11.3 Å². The van der Waals surface area contributed by atoms with Crippen LogP contribution in [0.4, 0.5) is 4.79 Å². The number of hydrogen-bond acceptors (Lipinski definition) is 4. The fourth-order valence-corrected chi connectivity index (χ4v) is 2.09. The number of ether oxygens (including phenoxy) is 1. The van der Waals surface area contributed by atoms with Gasteiger partial charge in [0.1, 0.15) is 18.9 Å². The van der Waals surface area contributed by atoms with Gasteiger partial charge in [0.15, 0.2) is 0 Å². The number of carbonyl (C=O) groups excluding carboxylic acids is 2. The molecule has 0 unspecified atom stereocenters. The number of urea groups is 1. The Labute approximate surface area is 122 Å². The minimum atomic E-state index is -0.307. The molecule has 1 aromatic carbocycles. The van der Waals surface area contributed by atoms with Crippen LogP contribution in [0.5, 0.6) is 5.75 Å². The van der Waals surface area contributed by atoms with Crippen LogP contribution in [0.15, 0.2) is 18.2 Å². The predicted molar refractivity (Wildman–Crippen MR) is 75.5 cm³/mol. The summed E-state index contributed by atoms with van der Waals surface area (Å²) in [6, 6.07) is 4.95. The van der Waals surface area contributed by atoms with E-state index in [1.165, 1.54) is 16.9 Å². The monoisotopic (exact) mass is 288 g/mol. The standard InChI is InChI=1S/C15H16N2O4/c1-16-10-14(19)17(15(16)20)9-11-5-6-13(21-2)12(8-11)4-3-7-18/h5-6,8,18H,7,9-10H2,1-2H3. The zero-order valence-electron chi connectivity index (χ0n) is 11.9. The van der Waals surface area contributed by atoms with E-state index in [9.17, 15) is 9.59 Å². The van der Waals surface area contributed by atoms with E-state index >= 15 is 0 Å². The van der Waals surface area contributed by atoms with Gasteiger partial charge in [0, 0.05) is 7.05 Å². The van der Waals surface area contributed by atoms with Crippen LogP contribution in [0, 0.1) is 11.8 Å². The highest BCUT2D eigenvalue weighted by atomic mass is 16.5. The summed E-state index contributed by atoms with van der Waals surface area (Å²) in [6.45, 7) is 0.0489. The van der Waals surface area contributed by atoms with Gasteiger partial charge in [0.05, 0.1) is 19.2 Å². The van der Waals surface area contributed by atoms with E-state index in [-0.39, 0.29) is 31.6 Å². The summed E-state index contributed by atoms with van der Waals surface area (Å²) in [5.41, 5.74) is 1.38. The van der Waals surface area contributed by atoms with E-state index in [1.807, 2.05) is 0 Å². The van der Waals surface area contributed by atoms with E-state index < -0.39 is 0 Å². The van der Waals surface area contributed by atoms with Crippen molar-refractivity contribution in [2.75, 3.05) is 27.3 Å². The second-order valence-corrected chi connectivity index (χ2v) is 4.61. The van der Waals surface area contributed by atoms with Crippen molar-refractivity contribution in [3.63, 3.8) is 0 Å². The molecule has 0 radical (unpaired) electrons. The quantitative estimate of drug-likeness (QED) is 0.647. The number of carbonyl (C=O) groups is 2.